The molecule has 2 heterocycles. The van der Waals surface area contributed by atoms with Crippen LogP contribution >= 0.6 is 11.6 Å². The second-order valence-electron chi connectivity index (χ2n) is 3.84. The summed E-state index contributed by atoms with van der Waals surface area (Å²) in [5, 5.41) is 4.85. The second kappa shape index (κ2) is 4.51. The molecule has 1 fully saturated rings. The summed E-state index contributed by atoms with van der Waals surface area (Å²) >= 11 is 6.09. The molecule has 0 spiro atoms. The van der Waals surface area contributed by atoms with Crippen LogP contribution in [-0.4, -0.2) is 23.0 Å². The molecule has 1 aliphatic heterocycles. The van der Waals surface area contributed by atoms with Gasteiger partial charge in [0, 0.05) is 19.1 Å². The molecule has 0 saturated carbocycles. The zero-order valence-electron chi connectivity index (χ0n) is 8.82. The highest BCUT2D eigenvalue weighted by Gasteiger charge is 2.28. The molecule has 2 atom stereocenters. The Hall–Kier alpha value is -0.580. The Bertz CT molecular complexity index is 333. The van der Waals surface area contributed by atoms with Crippen LogP contribution in [0.2, 0.25) is 5.02 Å². The molecule has 5 heteroatoms. The van der Waals surface area contributed by atoms with E-state index in [1.54, 1.807) is 6.20 Å². The van der Waals surface area contributed by atoms with Crippen LogP contribution in [0.25, 0.3) is 0 Å². The summed E-state index contributed by atoms with van der Waals surface area (Å²) in [5.41, 5.74) is 7.14. The van der Waals surface area contributed by atoms with E-state index in [9.17, 15) is 0 Å². The van der Waals surface area contributed by atoms with E-state index >= 15 is 0 Å². The lowest BCUT2D eigenvalue weighted by Gasteiger charge is -2.19. The van der Waals surface area contributed by atoms with Crippen molar-refractivity contribution in [3.8, 4) is 0 Å². The lowest BCUT2D eigenvalue weighted by atomic mass is 9.97. The number of rotatable bonds is 3. The van der Waals surface area contributed by atoms with Gasteiger partial charge in [0.1, 0.15) is 0 Å². The molecule has 0 amide bonds. The number of aryl methyl sites for hydroxylation is 1. The van der Waals surface area contributed by atoms with E-state index in [-0.39, 0.29) is 6.04 Å². The van der Waals surface area contributed by atoms with Crippen LogP contribution in [0.1, 0.15) is 25.1 Å². The zero-order chi connectivity index (χ0) is 10.8. The topological polar surface area (TPSA) is 53.1 Å². The highest BCUT2D eigenvalue weighted by atomic mass is 35.5. The van der Waals surface area contributed by atoms with Gasteiger partial charge in [0.2, 0.25) is 0 Å². The Kier molecular flexibility index (Phi) is 3.29. The van der Waals surface area contributed by atoms with Crippen molar-refractivity contribution in [2.75, 3.05) is 13.2 Å². The third-order valence-electron chi connectivity index (χ3n) is 2.92. The minimum Gasteiger partial charge on any atom is -0.381 e. The molecule has 0 aromatic carbocycles. The maximum Gasteiger partial charge on any atom is 0.0834 e. The predicted molar refractivity (Wildman–Crippen MR) is 58.8 cm³/mol. The van der Waals surface area contributed by atoms with Crippen molar-refractivity contribution in [1.82, 2.24) is 9.78 Å². The van der Waals surface area contributed by atoms with Crippen molar-refractivity contribution >= 4 is 11.6 Å². The van der Waals surface area contributed by atoms with Crippen LogP contribution in [0.5, 0.6) is 0 Å². The summed E-state index contributed by atoms with van der Waals surface area (Å²) in [7, 11) is 0. The molecule has 15 heavy (non-hydrogen) atoms. The summed E-state index contributed by atoms with van der Waals surface area (Å²) in [6, 6.07) is -0.0672. The quantitative estimate of drug-likeness (QED) is 0.857. The fourth-order valence-electron chi connectivity index (χ4n) is 2.01. The molecule has 2 N–H and O–H groups in total. The molecule has 0 aliphatic carbocycles. The number of ether oxygens (including phenoxy) is 1. The molecule has 1 aromatic heterocycles. The van der Waals surface area contributed by atoms with Crippen LogP contribution in [0.15, 0.2) is 6.20 Å². The predicted octanol–water partition coefficient (Wildman–Crippen LogP) is 1.59. The third-order valence-corrected chi connectivity index (χ3v) is 3.21. The largest absolute Gasteiger partial charge is 0.381 e. The van der Waals surface area contributed by atoms with E-state index in [1.807, 2.05) is 11.6 Å². The van der Waals surface area contributed by atoms with Gasteiger partial charge in [-0.15, -0.1) is 0 Å². The van der Waals surface area contributed by atoms with Crippen LogP contribution in [0.4, 0.5) is 0 Å². The van der Waals surface area contributed by atoms with Gasteiger partial charge in [-0.05, 0) is 13.3 Å². The van der Waals surface area contributed by atoms with Crippen LogP contribution in [-0.2, 0) is 11.3 Å². The van der Waals surface area contributed by atoms with Gasteiger partial charge in [-0.1, -0.05) is 11.6 Å². The average molecular weight is 230 g/mol. The zero-order valence-corrected chi connectivity index (χ0v) is 9.57. The van der Waals surface area contributed by atoms with Crippen molar-refractivity contribution in [3.05, 3.63) is 16.9 Å². The van der Waals surface area contributed by atoms with Crippen molar-refractivity contribution in [1.29, 1.82) is 0 Å². The van der Waals surface area contributed by atoms with E-state index in [1.165, 1.54) is 0 Å². The van der Waals surface area contributed by atoms with Gasteiger partial charge < -0.3 is 10.5 Å². The van der Waals surface area contributed by atoms with Crippen molar-refractivity contribution in [2.24, 2.45) is 11.7 Å². The Morgan fingerprint density at radius 1 is 1.80 bits per heavy atom. The first kappa shape index (κ1) is 10.9. The highest BCUT2D eigenvalue weighted by molar-refractivity contribution is 6.31. The monoisotopic (exact) mass is 229 g/mol. The highest BCUT2D eigenvalue weighted by Crippen LogP contribution is 2.30. The number of aromatic nitrogens is 2. The van der Waals surface area contributed by atoms with Gasteiger partial charge in [0.05, 0.1) is 29.6 Å². The van der Waals surface area contributed by atoms with E-state index in [0.717, 1.165) is 31.9 Å². The minimum atomic E-state index is -0.0672. The van der Waals surface area contributed by atoms with Crippen LogP contribution in [0.3, 0.4) is 0 Å². The van der Waals surface area contributed by atoms with E-state index in [2.05, 4.69) is 5.10 Å². The SMILES string of the molecule is CCn1ncc(Cl)c1C(N)C1CCOC1. The van der Waals surface area contributed by atoms with E-state index in [0.29, 0.717) is 10.9 Å². The lowest BCUT2D eigenvalue weighted by Crippen LogP contribution is -2.25. The van der Waals surface area contributed by atoms with Gasteiger partial charge in [-0.2, -0.15) is 5.10 Å². The summed E-state index contributed by atoms with van der Waals surface area (Å²) in [4.78, 5) is 0. The average Bonchev–Trinajstić information content (AvgIpc) is 2.85. The summed E-state index contributed by atoms with van der Waals surface area (Å²) in [5.74, 6) is 0.365. The van der Waals surface area contributed by atoms with Crippen molar-refractivity contribution < 1.29 is 4.74 Å². The Balaban J connectivity index is 2.22. The Morgan fingerprint density at radius 2 is 2.60 bits per heavy atom. The standard InChI is InChI=1S/C10H16ClN3O/c1-2-14-10(8(11)5-13-14)9(12)7-3-4-15-6-7/h5,7,9H,2-4,6,12H2,1H3. The van der Waals surface area contributed by atoms with E-state index < -0.39 is 0 Å². The van der Waals surface area contributed by atoms with Crippen LogP contribution in [0, 0.1) is 5.92 Å². The summed E-state index contributed by atoms with van der Waals surface area (Å²) in [6.45, 7) is 4.36. The number of hydrogen-bond donors (Lipinski definition) is 1. The molecule has 84 valence electrons. The van der Waals surface area contributed by atoms with Gasteiger partial charge >= 0.3 is 0 Å². The molecule has 1 aromatic rings. The normalized spacial score (nSPS) is 23.3. The minimum absolute atomic E-state index is 0.0672. The molecule has 2 unspecified atom stereocenters. The maximum absolute atomic E-state index is 6.20. The smallest absolute Gasteiger partial charge is 0.0834 e. The third kappa shape index (κ3) is 2.02. The van der Waals surface area contributed by atoms with Gasteiger partial charge in [0.15, 0.2) is 0 Å². The van der Waals surface area contributed by atoms with Crippen molar-refractivity contribution in [3.63, 3.8) is 0 Å². The number of hydrogen-bond acceptors (Lipinski definition) is 3. The molecular formula is C10H16ClN3O. The molecular weight excluding hydrogens is 214 g/mol. The van der Waals surface area contributed by atoms with Crippen molar-refractivity contribution in [2.45, 2.75) is 25.9 Å². The Labute approximate surface area is 94.3 Å². The molecule has 4 nitrogen and oxygen atoms in total. The fourth-order valence-corrected chi connectivity index (χ4v) is 2.28. The first-order chi connectivity index (χ1) is 7.24. The number of nitrogens with zero attached hydrogens (tertiary/aromatic N) is 2. The molecule has 1 saturated heterocycles. The first-order valence-electron chi connectivity index (χ1n) is 5.28. The van der Waals surface area contributed by atoms with E-state index in [4.69, 9.17) is 22.1 Å². The van der Waals surface area contributed by atoms with Gasteiger partial charge in [-0.25, -0.2) is 0 Å². The van der Waals surface area contributed by atoms with Crippen LogP contribution < -0.4 is 5.73 Å². The molecule has 1 aliphatic rings. The summed E-state index contributed by atoms with van der Waals surface area (Å²) < 4.78 is 7.20. The second-order valence-corrected chi connectivity index (χ2v) is 4.25. The van der Waals surface area contributed by atoms with Gasteiger partial charge in [0.25, 0.3) is 0 Å². The fraction of sp³-hybridized carbons (Fsp3) is 0.700. The lowest BCUT2D eigenvalue weighted by molar-refractivity contribution is 0.180. The molecule has 0 bridgehead atoms. The van der Waals surface area contributed by atoms with Gasteiger partial charge in [-0.3, -0.25) is 4.68 Å². The number of nitrogens with two attached hydrogens (primary N) is 1. The number of halogens is 1. The first-order valence-corrected chi connectivity index (χ1v) is 5.66. The molecule has 0 radical (unpaired) electrons. The Morgan fingerprint density at radius 3 is 3.20 bits per heavy atom. The maximum atomic E-state index is 6.20. The summed E-state index contributed by atoms with van der Waals surface area (Å²) in [6.07, 6.45) is 2.67. The molecule has 2 rings (SSSR count).